The minimum Gasteiger partial charge on any atom is -0.378 e. The Bertz CT molecular complexity index is 834. The van der Waals surface area contributed by atoms with Crippen LogP contribution in [-0.2, 0) is 9.59 Å². The molecule has 9 N–H and O–H groups in total. The van der Waals surface area contributed by atoms with Crippen molar-refractivity contribution in [2.24, 2.45) is 11.1 Å². The van der Waals surface area contributed by atoms with Gasteiger partial charge in [0.1, 0.15) is 30.3 Å². The number of amides is 2. The summed E-state index contributed by atoms with van der Waals surface area (Å²) in [5, 5.41) is 50.3. The molecule has 322 valence electrons. The molecule has 12 nitrogen and oxygen atoms in total. The second kappa shape index (κ2) is 34.8. The van der Waals surface area contributed by atoms with Gasteiger partial charge in [-0.1, -0.05) is 129 Å². The highest BCUT2D eigenvalue weighted by Gasteiger charge is 2.42. The third kappa shape index (κ3) is 26.5. The minimum absolute atomic E-state index is 0.282. The zero-order valence-electron chi connectivity index (χ0n) is 35.6. The van der Waals surface area contributed by atoms with E-state index in [1.165, 1.54) is 51.4 Å². The maximum absolute atomic E-state index is 12.9. The number of carbonyl (C=O) groups is 2. The van der Waals surface area contributed by atoms with E-state index < -0.39 is 36.2 Å². The second-order valence-corrected chi connectivity index (χ2v) is 15.9. The van der Waals surface area contributed by atoms with Crippen LogP contribution in [0.25, 0.3) is 0 Å². The highest BCUT2D eigenvalue weighted by molar-refractivity contribution is 6.04. The number of nitrogens with two attached hydrogens (primary N) is 1. The van der Waals surface area contributed by atoms with Gasteiger partial charge >= 0.3 is 0 Å². The molecule has 12 heteroatoms. The van der Waals surface area contributed by atoms with Gasteiger partial charge in [-0.15, -0.1) is 0 Å². The van der Waals surface area contributed by atoms with Crippen molar-refractivity contribution in [3.63, 3.8) is 0 Å². The topological polar surface area (TPSA) is 184 Å². The molecule has 0 radical (unpaired) electrons. The van der Waals surface area contributed by atoms with Crippen LogP contribution in [0.2, 0.25) is 0 Å². The maximum atomic E-state index is 12.9. The Hall–Kier alpha value is -1.38. The monoisotopic (exact) mass is 773 g/mol. The van der Waals surface area contributed by atoms with Crippen LogP contribution in [0, 0.1) is 5.41 Å². The van der Waals surface area contributed by atoms with Gasteiger partial charge < -0.3 is 31.5 Å². The number of primary amides is 1. The van der Waals surface area contributed by atoms with Gasteiger partial charge in [0.2, 0.25) is 11.8 Å². The average molecular weight is 773 g/mol. The van der Waals surface area contributed by atoms with Crippen molar-refractivity contribution < 1.29 is 30.0 Å². The summed E-state index contributed by atoms with van der Waals surface area (Å²) in [5.74, 6) is -0.821. The smallest absolute Gasteiger partial charge is 0.235 e. The fourth-order valence-corrected chi connectivity index (χ4v) is 7.16. The summed E-state index contributed by atoms with van der Waals surface area (Å²) in [6, 6.07) is 0. The molecule has 0 aliphatic carbocycles. The molecule has 0 rings (SSSR count). The lowest BCUT2D eigenvalue weighted by Gasteiger charge is -2.29. The van der Waals surface area contributed by atoms with Gasteiger partial charge in [0.25, 0.3) is 0 Å². The van der Waals surface area contributed by atoms with Crippen molar-refractivity contribution in [2.45, 2.75) is 206 Å². The van der Waals surface area contributed by atoms with Gasteiger partial charge in [0.05, 0.1) is 0 Å². The van der Waals surface area contributed by atoms with E-state index in [-0.39, 0.29) is 18.7 Å². The standard InChI is InChI=1S/C42H88N6O6/c1-6-8-10-20-26-32-47(4)38(51)34-36(49)45-30-24-18-14-12-16-22-28-42(40(43)53,41(54)44-3)29-23-17-13-15-19-25-31-46-37(50)35-39(52)48(5)33-27-21-11-9-7-2/h36-39,45-46,49-52H,6-35H2,1-5H3,(H2,43,53)(H,44,54). The molecule has 0 aliphatic rings. The van der Waals surface area contributed by atoms with Crippen molar-refractivity contribution >= 4 is 11.8 Å². The Morgan fingerprint density at radius 1 is 0.556 bits per heavy atom. The van der Waals surface area contributed by atoms with Gasteiger partial charge in [0, 0.05) is 33.0 Å². The molecule has 0 spiro atoms. The summed E-state index contributed by atoms with van der Waals surface area (Å²) in [5.41, 5.74) is 4.69. The molecule has 4 atom stereocenters. The molecule has 0 aromatic rings. The second-order valence-electron chi connectivity index (χ2n) is 15.9. The van der Waals surface area contributed by atoms with E-state index in [9.17, 15) is 30.0 Å². The molecule has 0 saturated heterocycles. The van der Waals surface area contributed by atoms with Crippen molar-refractivity contribution in [1.82, 2.24) is 25.8 Å². The van der Waals surface area contributed by atoms with E-state index in [1.807, 2.05) is 23.9 Å². The van der Waals surface area contributed by atoms with Crippen LogP contribution in [0.1, 0.15) is 181 Å². The van der Waals surface area contributed by atoms with E-state index in [0.29, 0.717) is 25.9 Å². The van der Waals surface area contributed by atoms with Crippen LogP contribution in [0.3, 0.4) is 0 Å². The van der Waals surface area contributed by atoms with E-state index in [1.54, 1.807) is 7.05 Å². The fraction of sp³-hybridized carbons (Fsp3) is 0.952. The first-order chi connectivity index (χ1) is 25.9. The van der Waals surface area contributed by atoms with E-state index in [2.05, 4.69) is 29.8 Å². The molecule has 0 saturated carbocycles. The Balaban J connectivity index is 4.17. The number of unbranched alkanes of at least 4 members (excludes halogenated alkanes) is 18. The zero-order chi connectivity index (χ0) is 40.5. The number of hydrogen-bond donors (Lipinski definition) is 8. The van der Waals surface area contributed by atoms with E-state index >= 15 is 0 Å². The summed E-state index contributed by atoms with van der Waals surface area (Å²) in [6.45, 7) is 7.45. The summed E-state index contributed by atoms with van der Waals surface area (Å²) in [4.78, 5) is 29.4. The van der Waals surface area contributed by atoms with Crippen molar-refractivity contribution in [1.29, 1.82) is 0 Å². The van der Waals surface area contributed by atoms with Gasteiger partial charge in [-0.05, 0) is 65.7 Å². The first-order valence-corrected chi connectivity index (χ1v) is 22.1. The largest absolute Gasteiger partial charge is 0.378 e. The number of aliphatic hydroxyl groups excluding tert-OH is 4. The summed E-state index contributed by atoms with van der Waals surface area (Å²) >= 11 is 0. The van der Waals surface area contributed by atoms with Crippen LogP contribution >= 0.6 is 0 Å². The van der Waals surface area contributed by atoms with Crippen molar-refractivity contribution in [2.75, 3.05) is 47.3 Å². The van der Waals surface area contributed by atoms with Crippen LogP contribution in [-0.4, -0.2) is 114 Å². The van der Waals surface area contributed by atoms with Crippen molar-refractivity contribution in [3.05, 3.63) is 0 Å². The minimum atomic E-state index is -1.17. The molecule has 0 fully saturated rings. The molecule has 0 aliphatic heterocycles. The quantitative estimate of drug-likeness (QED) is 0.0218. The lowest BCUT2D eigenvalue weighted by atomic mass is 9.76. The molecule has 4 unspecified atom stereocenters. The van der Waals surface area contributed by atoms with Crippen LogP contribution in [0.4, 0.5) is 0 Å². The lowest BCUT2D eigenvalue weighted by molar-refractivity contribution is -0.142. The molecular formula is C42H88N6O6. The first-order valence-electron chi connectivity index (χ1n) is 22.1. The fourth-order valence-electron chi connectivity index (χ4n) is 7.16. The van der Waals surface area contributed by atoms with E-state index in [4.69, 9.17) is 5.73 Å². The number of nitrogens with one attached hydrogen (secondary N) is 3. The number of carbonyl (C=O) groups excluding carboxylic acids is 2. The summed E-state index contributed by atoms with van der Waals surface area (Å²) < 4.78 is 0. The predicted molar refractivity (Wildman–Crippen MR) is 222 cm³/mol. The number of rotatable bonds is 40. The third-order valence-electron chi connectivity index (χ3n) is 11.1. The van der Waals surface area contributed by atoms with Crippen LogP contribution < -0.4 is 21.7 Å². The highest BCUT2D eigenvalue weighted by atomic mass is 16.3. The summed E-state index contributed by atoms with van der Waals surface area (Å²) in [7, 11) is 5.38. The molecule has 0 bridgehead atoms. The SMILES string of the molecule is CCCCCCCN(C)C(O)CC(O)NCCCCCCCCC(CCCCCCCCNC(O)CC(O)N(C)CCCCCCC)(C(N)=O)C(=O)NC. The number of hydrogen-bond acceptors (Lipinski definition) is 10. The Morgan fingerprint density at radius 2 is 0.889 bits per heavy atom. The zero-order valence-corrected chi connectivity index (χ0v) is 35.6. The molecule has 0 heterocycles. The normalized spacial score (nSPS) is 15.3. The van der Waals surface area contributed by atoms with Crippen molar-refractivity contribution in [3.8, 4) is 0 Å². The van der Waals surface area contributed by atoms with Gasteiger partial charge in [0.15, 0.2) is 0 Å². The van der Waals surface area contributed by atoms with Gasteiger partial charge in [-0.3, -0.25) is 30.0 Å². The molecule has 2 amide bonds. The van der Waals surface area contributed by atoms with Crippen LogP contribution in [0.15, 0.2) is 0 Å². The Kier molecular flexibility index (Phi) is 33.9. The number of nitrogens with zero attached hydrogens (tertiary/aromatic N) is 2. The first kappa shape index (κ1) is 52.6. The van der Waals surface area contributed by atoms with Gasteiger partial charge in [-0.2, -0.15) is 0 Å². The maximum Gasteiger partial charge on any atom is 0.235 e. The van der Waals surface area contributed by atoms with Crippen LogP contribution in [0.5, 0.6) is 0 Å². The average Bonchev–Trinajstić information content (AvgIpc) is 3.14. The number of aliphatic hydroxyl groups is 4. The molecule has 0 aromatic carbocycles. The molecule has 0 aromatic heterocycles. The molecular weight excluding hydrogens is 684 g/mol. The predicted octanol–water partition coefficient (Wildman–Crippen LogP) is 5.70. The highest BCUT2D eigenvalue weighted by Crippen LogP contribution is 2.32. The molecule has 54 heavy (non-hydrogen) atoms. The van der Waals surface area contributed by atoms with E-state index in [0.717, 1.165) is 103 Å². The Morgan fingerprint density at radius 3 is 1.24 bits per heavy atom. The Labute approximate surface area is 331 Å². The lowest BCUT2D eigenvalue weighted by Crippen LogP contribution is -2.48. The third-order valence-corrected chi connectivity index (χ3v) is 11.1. The summed E-state index contributed by atoms with van der Waals surface area (Å²) in [6.07, 6.45) is 22.0. The van der Waals surface area contributed by atoms with Gasteiger partial charge in [-0.25, -0.2) is 0 Å².